The molecule has 7 heteroatoms. The number of hydrogen-bond donors (Lipinski definition) is 0. The highest BCUT2D eigenvalue weighted by Gasteiger charge is 2.27. The highest BCUT2D eigenvalue weighted by Crippen LogP contribution is 2.43. The molecule has 1 aliphatic rings. The number of rotatable bonds is 7. The summed E-state index contributed by atoms with van der Waals surface area (Å²) in [6.07, 6.45) is 3.17. The highest BCUT2D eigenvalue weighted by atomic mass is 19.1. The first-order chi connectivity index (χ1) is 19.1. The van der Waals surface area contributed by atoms with E-state index >= 15 is 0 Å². The lowest BCUT2D eigenvalue weighted by Gasteiger charge is -2.24. The van der Waals surface area contributed by atoms with Crippen LogP contribution >= 0.6 is 0 Å². The number of nitroso groups, excluding NO2 is 1. The number of nitrogens with zero attached hydrogens (tertiary/aromatic N) is 2. The lowest BCUT2D eigenvalue weighted by molar-refractivity contribution is -0.496. The molecule has 0 unspecified atom stereocenters. The number of ether oxygens (including phenoxy) is 3. The third-order valence-electron chi connectivity index (χ3n) is 6.83. The van der Waals surface area contributed by atoms with Gasteiger partial charge in [0.25, 0.3) is 0 Å². The van der Waals surface area contributed by atoms with Gasteiger partial charge in [-0.2, -0.15) is 0 Å². The second-order valence-electron chi connectivity index (χ2n) is 10.8. The summed E-state index contributed by atoms with van der Waals surface area (Å²) in [6.45, 7) is 8.90. The van der Waals surface area contributed by atoms with Crippen LogP contribution in [-0.4, -0.2) is 16.9 Å². The van der Waals surface area contributed by atoms with Gasteiger partial charge in [-0.15, -0.1) is 0 Å². The number of benzene rings is 3. The zero-order valence-corrected chi connectivity index (χ0v) is 23.3. The quantitative estimate of drug-likeness (QED) is 0.222. The summed E-state index contributed by atoms with van der Waals surface area (Å²) >= 11 is 0. The monoisotopic (exact) mass is 539 g/mol. The van der Waals surface area contributed by atoms with Gasteiger partial charge in [-0.05, 0) is 47.2 Å². The van der Waals surface area contributed by atoms with Gasteiger partial charge in [-0.1, -0.05) is 57.2 Å². The summed E-state index contributed by atoms with van der Waals surface area (Å²) in [5.41, 5.74) is 5.69. The third kappa shape index (κ3) is 5.73. The highest BCUT2D eigenvalue weighted by molar-refractivity contribution is 5.75. The molecule has 6 nitrogen and oxygen atoms in total. The summed E-state index contributed by atoms with van der Waals surface area (Å²) in [7, 11) is 1.48. The van der Waals surface area contributed by atoms with Gasteiger partial charge in [0.15, 0.2) is 11.5 Å². The summed E-state index contributed by atoms with van der Waals surface area (Å²) < 4.78 is 32.9. The Labute approximate surface area is 233 Å². The second-order valence-corrected chi connectivity index (χ2v) is 10.8. The third-order valence-corrected chi connectivity index (χ3v) is 6.83. The molecule has 0 aliphatic carbocycles. The lowest BCUT2D eigenvalue weighted by Crippen LogP contribution is -2.13. The van der Waals surface area contributed by atoms with Gasteiger partial charge < -0.3 is 14.2 Å². The largest absolute Gasteiger partial charge is 0.493 e. The summed E-state index contributed by atoms with van der Waals surface area (Å²) in [4.78, 5) is 17.2. The molecule has 5 rings (SSSR count). The fourth-order valence-electron chi connectivity index (χ4n) is 4.66. The molecule has 0 atom stereocenters. The van der Waals surface area contributed by atoms with E-state index in [1.807, 2.05) is 49.4 Å². The lowest BCUT2D eigenvalue weighted by atomic mass is 9.84. The van der Waals surface area contributed by atoms with Crippen LogP contribution in [-0.2, 0) is 18.6 Å². The summed E-state index contributed by atoms with van der Waals surface area (Å²) in [5.74, 6) is 1.39. The summed E-state index contributed by atoms with van der Waals surface area (Å²) in [5, 5.41) is 0. The van der Waals surface area contributed by atoms with Crippen molar-refractivity contribution in [2.75, 3.05) is 7.11 Å². The number of fused-ring (bicyclic) bond motifs is 1. The van der Waals surface area contributed by atoms with Crippen molar-refractivity contribution in [2.45, 2.75) is 46.3 Å². The molecule has 0 saturated heterocycles. The molecule has 0 radical (unpaired) electrons. The Morgan fingerprint density at radius 3 is 2.45 bits per heavy atom. The van der Waals surface area contributed by atoms with Crippen LogP contribution in [0.3, 0.4) is 0 Å². The normalized spacial score (nSPS) is 12.7. The standard InChI is InChI=1S/C33H32FN2O4/c1-21-15-23(33(2,3)4)16-31(40-28-12-11-24(34)17-30(28)38-5)32(21)27-18-29(39-20-22-9-7-6-8-10-22)25-19-36(37)14-13-26(25)35-27/h6-18H,19-20H2,1-5H3/q+1. The molecule has 0 fully saturated rings. The van der Waals surface area contributed by atoms with Gasteiger partial charge in [0, 0.05) is 33.4 Å². The minimum Gasteiger partial charge on any atom is -0.493 e. The molecule has 40 heavy (non-hydrogen) atoms. The molecule has 0 amide bonds. The van der Waals surface area contributed by atoms with Crippen molar-refractivity contribution in [3.05, 3.63) is 112 Å². The SMILES string of the molecule is COc1cc(F)ccc1Oc1cc(C(C)(C)C)cc(C)c1-c1cc(OCc2ccccc2)c2c(n1)C=C[N+](=O)C2. The van der Waals surface area contributed by atoms with Crippen molar-refractivity contribution in [3.8, 4) is 34.3 Å². The number of aryl methyl sites for hydroxylation is 1. The molecular formula is C33H32FN2O4+. The van der Waals surface area contributed by atoms with E-state index in [-0.39, 0.29) is 17.7 Å². The Hall–Kier alpha value is -4.52. The Morgan fingerprint density at radius 2 is 1.73 bits per heavy atom. The number of pyridine rings is 1. The maximum Gasteiger partial charge on any atom is 0.229 e. The van der Waals surface area contributed by atoms with Crippen LogP contribution in [0.1, 0.15) is 48.7 Å². The average Bonchev–Trinajstić information content (AvgIpc) is 2.92. The van der Waals surface area contributed by atoms with E-state index < -0.39 is 5.82 Å². The molecule has 0 N–H and O–H groups in total. The van der Waals surface area contributed by atoms with E-state index in [9.17, 15) is 9.30 Å². The first-order valence-electron chi connectivity index (χ1n) is 13.1. The van der Waals surface area contributed by atoms with Gasteiger partial charge in [0.1, 0.15) is 23.9 Å². The van der Waals surface area contributed by atoms with Crippen LogP contribution in [0, 0.1) is 17.6 Å². The Morgan fingerprint density at radius 1 is 0.950 bits per heavy atom. The Balaban J connectivity index is 1.66. The molecule has 1 aliphatic heterocycles. The Bertz CT molecular complexity index is 1610. The van der Waals surface area contributed by atoms with E-state index in [4.69, 9.17) is 19.2 Å². The fourth-order valence-corrected chi connectivity index (χ4v) is 4.66. The van der Waals surface area contributed by atoms with Crippen molar-refractivity contribution in [1.82, 2.24) is 4.98 Å². The van der Waals surface area contributed by atoms with Crippen molar-refractivity contribution >= 4 is 6.08 Å². The molecular weight excluding hydrogens is 507 g/mol. The van der Waals surface area contributed by atoms with E-state index in [2.05, 4.69) is 26.8 Å². The molecule has 1 aromatic heterocycles. The van der Waals surface area contributed by atoms with E-state index in [1.165, 1.54) is 25.4 Å². The van der Waals surface area contributed by atoms with Gasteiger partial charge in [0.2, 0.25) is 12.7 Å². The van der Waals surface area contributed by atoms with E-state index in [1.54, 1.807) is 12.1 Å². The number of halogens is 1. The van der Waals surface area contributed by atoms with Crippen LogP contribution in [0.5, 0.6) is 23.0 Å². The van der Waals surface area contributed by atoms with Crippen molar-refractivity contribution < 1.29 is 23.4 Å². The maximum atomic E-state index is 13.9. The first-order valence-corrected chi connectivity index (χ1v) is 13.1. The number of hydrogen-bond acceptors (Lipinski definition) is 5. The maximum absolute atomic E-state index is 13.9. The molecule has 0 spiro atoms. The van der Waals surface area contributed by atoms with Crippen LogP contribution in [0.2, 0.25) is 0 Å². The van der Waals surface area contributed by atoms with Crippen LogP contribution in [0.4, 0.5) is 4.39 Å². The van der Waals surface area contributed by atoms with Crippen molar-refractivity contribution in [1.29, 1.82) is 0 Å². The van der Waals surface area contributed by atoms with E-state index in [0.29, 0.717) is 35.2 Å². The molecule has 204 valence electrons. The fraction of sp³-hybridized carbons (Fsp3) is 0.242. The topological polar surface area (TPSA) is 60.7 Å². The predicted molar refractivity (Wildman–Crippen MR) is 153 cm³/mol. The number of aromatic nitrogens is 1. The smallest absolute Gasteiger partial charge is 0.229 e. The van der Waals surface area contributed by atoms with Crippen LogP contribution < -0.4 is 14.2 Å². The minimum atomic E-state index is -0.417. The molecule has 3 aromatic carbocycles. The molecule has 0 bridgehead atoms. The zero-order chi connectivity index (χ0) is 28.4. The minimum absolute atomic E-state index is 0.140. The van der Waals surface area contributed by atoms with Crippen LogP contribution in [0.25, 0.3) is 17.3 Å². The van der Waals surface area contributed by atoms with Crippen molar-refractivity contribution in [2.24, 2.45) is 0 Å². The van der Waals surface area contributed by atoms with E-state index in [0.717, 1.165) is 32.6 Å². The predicted octanol–water partition coefficient (Wildman–Crippen LogP) is 8.14. The second kappa shape index (κ2) is 10.9. The van der Waals surface area contributed by atoms with Crippen molar-refractivity contribution in [3.63, 3.8) is 0 Å². The molecule has 4 aromatic rings. The molecule has 2 heterocycles. The molecule has 0 saturated carbocycles. The zero-order valence-electron chi connectivity index (χ0n) is 23.3. The first kappa shape index (κ1) is 27.1. The van der Waals surface area contributed by atoms with Gasteiger partial charge in [-0.25, -0.2) is 9.37 Å². The van der Waals surface area contributed by atoms with Gasteiger partial charge in [-0.3, -0.25) is 0 Å². The Kier molecular flexibility index (Phi) is 7.39. The average molecular weight is 540 g/mol. The van der Waals surface area contributed by atoms with Gasteiger partial charge in [0.05, 0.1) is 24.1 Å². The number of methoxy groups -OCH3 is 1. The van der Waals surface area contributed by atoms with Crippen LogP contribution in [0.15, 0.2) is 72.9 Å². The van der Waals surface area contributed by atoms with Gasteiger partial charge >= 0.3 is 0 Å². The summed E-state index contributed by atoms with van der Waals surface area (Å²) in [6, 6.07) is 20.0.